The monoisotopic (exact) mass is 526 g/mol. The Morgan fingerprint density at radius 2 is 1.77 bits per heavy atom. The van der Waals surface area contributed by atoms with Gasteiger partial charge in [0.05, 0.1) is 25.3 Å². The van der Waals surface area contributed by atoms with Crippen LogP contribution in [0, 0.1) is 20.8 Å². The van der Waals surface area contributed by atoms with E-state index in [-0.39, 0.29) is 11.9 Å². The molecule has 2 atom stereocenters. The fraction of sp³-hybridized carbons (Fsp3) is 0.424. The van der Waals surface area contributed by atoms with Crippen molar-refractivity contribution in [1.29, 1.82) is 0 Å². The molecule has 0 aliphatic carbocycles. The van der Waals surface area contributed by atoms with Gasteiger partial charge in [-0.2, -0.15) is 0 Å². The summed E-state index contributed by atoms with van der Waals surface area (Å²) in [7, 11) is 0. The fourth-order valence-corrected chi connectivity index (χ4v) is 6.11. The van der Waals surface area contributed by atoms with Gasteiger partial charge in [0.1, 0.15) is 0 Å². The van der Waals surface area contributed by atoms with E-state index in [2.05, 4.69) is 90.9 Å². The fourth-order valence-electron chi connectivity index (χ4n) is 6.11. The predicted molar refractivity (Wildman–Crippen MR) is 158 cm³/mol. The summed E-state index contributed by atoms with van der Waals surface area (Å²) >= 11 is 0. The number of nitrogens with zero attached hydrogens (tertiary/aromatic N) is 1. The highest BCUT2D eigenvalue weighted by atomic mass is 16.5. The molecule has 206 valence electrons. The van der Waals surface area contributed by atoms with E-state index in [0.717, 1.165) is 57.9 Å². The minimum Gasteiger partial charge on any atom is -0.384 e. The molecule has 0 radical (unpaired) electrons. The second-order valence-electron chi connectivity index (χ2n) is 11.2. The van der Waals surface area contributed by atoms with Gasteiger partial charge in [0.2, 0.25) is 5.91 Å². The maximum Gasteiger partial charge on any atom is 0.237 e. The first kappa shape index (κ1) is 27.4. The first-order valence-corrected chi connectivity index (χ1v) is 14.2. The van der Waals surface area contributed by atoms with Gasteiger partial charge in [0, 0.05) is 31.9 Å². The van der Waals surface area contributed by atoms with Gasteiger partial charge in [-0.15, -0.1) is 0 Å². The number of aryl methyl sites for hydroxylation is 3. The minimum atomic E-state index is -0.594. The molecule has 1 fully saturated rings. The standard InChI is InChI=1S/C33H42N4O2/c1-22-15-23(2)28(24(3)16-22)20-30(34)33(38)36-31-9-10-35-32-27(21-37-11-13-39-14-12-37)18-26(19-29(31)32)17-25-7-5-4-6-8-25/h4-8,15-16,18-19,30-31,35H,9-14,17,20-21,34H2,1-3H3,(H,36,38). The summed E-state index contributed by atoms with van der Waals surface area (Å²) in [6, 6.07) is 18.9. The second kappa shape index (κ2) is 12.3. The molecule has 0 aromatic heterocycles. The van der Waals surface area contributed by atoms with Crippen molar-refractivity contribution in [3.05, 3.63) is 99.1 Å². The molecule has 0 spiro atoms. The highest BCUT2D eigenvalue weighted by Gasteiger charge is 2.27. The van der Waals surface area contributed by atoms with Crippen LogP contribution < -0.4 is 16.4 Å². The number of ether oxygens (including phenoxy) is 1. The molecule has 1 amide bonds. The summed E-state index contributed by atoms with van der Waals surface area (Å²) in [4.78, 5) is 15.9. The van der Waals surface area contributed by atoms with Crippen molar-refractivity contribution in [2.45, 2.75) is 58.7 Å². The van der Waals surface area contributed by atoms with Crippen molar-refractivity contribution in [2.24, 2.45) is 5.73 Å². The molecule has 0 bridgehead atoms. The number of amides is 1. The van der Waals surface area contributed by atoms with Crippen LogP contribution in [0.4, 0.5) is 5.69 Å². The van der Waals surface area contributed by atoms with Crippen molar-refractivity contribution >= 4 is 11.6 Å². The largest absolute Gasteiger partial charge is 0.384 e. The van der Waals surface area contributed by atoms with E-state index in [1.807, 2.05) is 0 Å². The zero-order valence-electron chi connectivity index (χ0n) is 23.6. The first-order chi connectivity index (χ1) is 18.9. The molecule has 6 nitrogen and oxygen atoms in total. The lowest BCUT2D eigenvalue weighted by Crippen LogP contribution is -2.45. The average Bonchev–Trinajstić information content (AvgIpc) is 2.92. The van der Waals surface area contributed by atoms with Crippen LogP contribution in [0.15, 0.2) is 54.6 Å². The summed E-state index contributed by atoms with van der Waals surface area (Å²) in [5.41, 5.74) is 17.5. The first-order valence-electron chi connectivity index (χ1n) is 14.2. The quantitative estimate of drug-likeness (QED) is 0.401. The van der Waals surface area contributed by atoms with Gasteiger partial charge in [0.15, 0.2) is 0 Å². The van der Waals surface area contributed by atoms with Gasteiger partial charge in [-0.05, 0) is 79.0 Å². The van der Waals surface area contributed by atoms with E-state index in [1.165, 1.54) is 44.5 Å². The Morgan fingerprint density at radius 3 is 2.49 bits per heavy atom. The average molecular weight is 527 g/mol. The number of anilines is 1. The number of benzene rings is 3. The summed E-state index contributed by atoms with van der Waals surface area (Å²) < 4.78 is 5.58. The van der Waals surface area contributed by atoms with Crippen molar-refractivity contribution in [3.63, 3.8) is 0 Å². The van der Waals surface area contributed by atoms with E-state index in [0.29, 0.717) is 6.42 Å². The topological polar surface area (TPSA) is 79.6 Å². The van der Waals surface area contributed by atoms with Gasteiger partial charge in [-0.3, -0.25) is 9.69 Å². The summed E-state index contributed by atoms with van der Waals surface area (Å²) in [6.07, 6.45) is 2.23. The van der Waals surface area contributed by atoms with E-state index in [4.69, 9.17) is 10.5 Å². The van der Waals surface area contributed by atoms with Crippen LogP contribution in [0.2, 0.25) is 0 Å². The van der Waals surface area contributed by atoms with Crippen molar-refractivity contribution in [3.8, 4) is 0 Å². The number of hydrogen-bond donors (Lipinski definition) is 3. The Bertz CT molecular complexity index is 1280. The van der Waals surface area contributed by atoms with E-state index in [9.17, 15) is 4.79 Å². The Kier molecular flexibility index (Phi) is 8.66. The molecular weight excluding hydrogens is 484 g/mol. The molecule has 1 saturated heterocycles. The number of nitrogens with one attached hydrogen (secondary N) is 2. The molecule has 4 N–H and O–H groups in total. The van der Waals surface area contributed by atoms with Crippen LogP contribution in [-0.4, -0.2) is 49.7 Å². The van der Waals surface area contributed by atoms with Crippen LogP contribution >= 0.6 is 0 Å². The molecule has 2 unspecified atom stereocenters. The number of morpholine rings is 1. The summed E-state index contributed by atoms with van der Waals surface area (Å²) in [6.45, 7) is 11.4. The van der Waals surface area contributed by atoms with Gasteiger partial charge < -0.3 is 21.1 Å². The van der Waals surface area contributed by atoms with Crippen LogP contribution in [-0.2, 0) is 28.9 Å². The Balaban J connectivity index is 1.39. The Labute approximate surface area is 232 Å². The Hall–Kier alpha value is -3.19. The van der Waals surface area contributed by atoms with Crippen LogP contribution in [0.1, 0.15) is 57.0 Å². The molecule has 3 aromatic carbocycles. The highest BCUT2D eigenvalue weighted by Crippen LogP contribution is 2.35. The van der Waals surface area contributed by atoms with Gasteiger partial charge >= 0.3 is 0 Å². The molecule has 6 heteroatoms. The van der Waals surface area contributed by atoms with Crippen molar-refractivity contribution in [1.82, 2.24) is 10.2 Å². The lowest BCUT2D eigenvalue weighted by Gasteiger charge is -2.33. The second-order valence-corrected chi connectivity index (χ2v) is 11.2. The lowest BCUT2D eigenvalue weighted by molar-refractivity contribution is -0.123. The van der Waals surface area contributed by atoms with Crippen LogP contribution in [0.5, 0.6) is 0 Å². The number of nitrogens with two attached hydrogens (primary N) is 1. The minimum absolute atomic E-state index is 0.0702. The SMILES string of the molecule is Cc1cc(C)c(CC(N)C(=O)NC2CCNc3c(CN4CCOCC4)cc(Cc4ccccc4)cc32)c(C)c1. The van der Waals surface area contributed by atoms with Gasteiger partial charge in [-0.25, -0.2) is 0 Å². The molecule has 2 heterocycles. The van der Waals surface area contributed by atoms with Crippen LogP contribution in [0.25, 0.3) is 0 Å². The molecule has 3 aromatic rings. The zero-order chi connectivity index (χ0) is 27.4. The third-order valence-electron chi connectivity index (χ3n) is 8.09. The summed E-state index contributed by atoms with van der Waals surface area (Å²) in [5.74, 6) is -0.0876. The predicted octanol–water partition coefficient (Wildman–Crippen LogP) is 4.58. The van der Waals surface area contributed by atoms with E-state index >= 15 is 0 Å². The molecule has 0 saturated carbocycles. The summed E-state index contributed by atoms with van der Waals surface area (Å²) in [5, 5.41) is 6.99. The van der Waals surface area contributed by atoms with E-state index in [1.54, 1.807) is 0 Å². The molecule has 2 aliphatic heterocycles. The molecule has 39 heavy (non-hydrogen) atoms. The number of carbonyl (C=O) groups excluding carboxylic acids is 1. The highest BCUT2D eigenvalue weighted by molar-refractivity contribution is 5.83. The van der Waals surface area contributed by atoms with Gasteiger partial charge in [-0.1, -0.05) is 60.2 Å². The van der Waals surface area contributed by atoms with Crippen molar-refractivity contribution < 1.29 is 9.53 Å². The number of hydrogen-bond acceptors (Lipinski definition) is 5. The third kappa shape index (κ3) is 6.70. The number of carbonyl (C=O) groups is 1. The number of rotatable bonds is 8. The maximum atomic E-state index is 13.4. The Morgan fingerprint density at radius 1 is 1.05 bits per heavy atom. The lowest BCUT2D eigenvalue weighted by atomic mass is 9.90. The maximum absolute atomic E-state index is 13.4. The van der Waals surface area contributed by atoms with Crippen LogP contribution in [0.3, 0.4) is 0 Å². The smallest absolute Gasteiger partial charge is 0.237 e. The molecular formula is C33H42N4O2. The third-order valence-corrected chi connectivity index (χ3v) is 8.09. The number of fused-ring (bicyclic) bond motifs is 1. The van der Waals surface area contributed by atoms with Gasteiger partial charge in [0.25, 0.3) is 0 Å². The molecule has 5 rings (SSSR count). The molecule has 2 aliphatic rings. The zero-order valence-corrected chi connectivity index (χ0v) is 23.6. The van der Waals surface area contributed by atoms with E-state index < -0.39 is 6.04 Å². The normalized spacial score (nSPS) is 18.2. The van der Waals surface area contributed by atoms with Crippen molar-refractivity contribution in [2.75, 3.05) is 38.2 Å².